The van der Waals surface area contributed by atoms with Crippen molar-refractivity contribution < 1.29 is 14.5 Å². The molecule has 0 aliphatic heterocycles. The molecule has 0 bridgehead atoms. The quantitative estimate of drug-likeness (QED) is 0.290. The van der Waals surface area contributed by atoms with Crippen molar-refractivity contribution in [3.63, 3.8) is 0 Å². The molecule has 0 aliphatic carbocycles. The van der Waals surface area contributed by atoms with E-state index in [0.717, 1.165) is 30.7 Å². The number of H-pyrrole nitrogens is 1. The van der Waals surface area contributed by atoms with Gasteiger partial charge in [0.25, 0.3) is 5.69 Å². The molecule has 1 unspecified atom stereocenters. The SMILES string of the molecule is CCOC(=O)C=Cc1nc(C(CC)CCc2ccc([N+](=O)[O-])cc2)[nH]c1Cl. The van der Waals surface area contributed by atoms with Gasteiger partial charge in [0.15, 0.2) is 0 Å². The Labute approximate surface area is 162 Å². The number of aromatic nitrogens is 2. The monoisotopic (exact) mass is 391 g/mol. The van der Waals surface area contributed by atoms with Crippen LogP contribution in [0.25, 0.3) is 6.08 Å². The normalized spacial score (nSPS) is 12.3. The number of esters is 1. The molecule has 0 spiro atoms. The Kier molecular flexibility index (Phi) is 7.55. The number of halogens is 1. The average molecular weight is 392 g/mol. The van der Waals surface area contributed by atoms with E-state index < -0.39 is 10.9 Å². The Morgan fingerprint density at radius 1 is 1.37 bits per heavy atom. The highest BCUT2D eigenvalue weighted by Gasteiger charge is 2.16. The van der Waals surface area contributed by atoms with Crippen LogP contribution in [0.2, 0.25) is 5.15 Å². The topological polar surface area (TPSA) is 98.1 Å². The average Bonchev–Trinajstić information content (AvgIpc) is 3.01. The fraction of sp³-hybridized carbons (Fsp3) is 0.368. The van der Waals surface area contributed by atoms with Crippen LogP contribution in [0, 0.1) is 10.1 Å². The van der Waals surface area contributed by atoms with Crippen LogP contribution in [0.3, 0.4) is 0 Å². The smallest absolute Gasteiger partial charge is 0.330 e. The number of non-ortho nitro benzene ring substituents is 1. The minimum atomic E-state index is -0.441. The van der Waals surface area contributed by atoms with Crippen molar-refractivity contribution in [1.82, 2.24) is 9.97 Å². The number of aromatic amines is 1. The Morgan fingerprint density at radius 3 is 2.67 bits per heavy atom. The highest BCUT2D eigenvalue weighted by molar-refractivity contribution is 6.30. The van der Waals surface area contributed by atoms with E-state index in [1.54, 1.807) is 19.1 Å². The van der Waals surface area contributed by atoms with Gasteiger partial charge in [0.2, 0.25) is 0 Å². The number of rotatable bonds is 9. The number of imidazole rings is 1. The molecule has 0 amide bonds. The van der Waals surface area contributed by atoms with E-state index in [1.807, 2.05) is 0 Å². The van der Waals surface area contributed by atoms with Crippen LogP contribution in [0.1, 0.15) is 49.7 Å². The molecule has 8 heteroatoms. The summed E-state index contributed by atoms with van der Waals surface area (Å²) in [6, 6.07) is 6.57. The van der Waals surface area contributed by atoms with Crippen molar-refractivity contribution in [3.05, 3.63) is 62.7 Å². The molecule has 2 aromatic rings. The number of nitrogens with one attached hydrogen (secondary N) is 1. The lowest BCUT2D eigenvalue weighted by atomic mass is 9.96. The van der Waals surface area contributed by atoms with E-state index >= 15 is 0 Å². The van der Waals surface area contributed by atoms with E-state index in [2.05, 4.69) is 16.9 Å². The van der Waals surface area contributed by atoms with Crippen molar-refractivity contribution in [2.45, 2.75) is 39.0 Å². The van der Waals surface area contributed by atoms with Crippen LogP contribution in [-0.4, -0.2) is 27.5 Å². The molecule has 0 saturated carbocycles. The number of carbonyl (C=O) groups is 1. The molecule has 1 atom stereocenters. The first-order valence-corrected chi connectivity index (χ1v) is 9.15. The fourth-order valence-corrected chi connectivity index (χ4v) is 2.89. The van der Waals surface area contributed by atoms with Crippen molar-refractivity contribution in [2.24, 2.45) is 0 Å². The summed E-state index contributed by atoms with van der Waals surface area (Å²) in [5, 5.41) is 11.1. The van der Waals surface area contributed by atoms with Gasteiger partial charge >= 0.3 is 5.97 Å². The van der Waals surface area contributed by atoms with E-state index in [9.17, 15) is 14.9 Å². The number of nitrogens with zero attached hydrogens (tertiary/aromatic N) is 2. The Balaban J connectivity index is 2.03. The second-order valence-corrected chi connectivity index (χ2v) is 6.35. The minimum absolute atomic E-state index is 0.0848. The van der Waals surface area contributed by atoms with Gasteiger partial charge in [0.05, 0.1) is 11.5 Å². The summed E-state index contributed by atoms with van der Waals surface area (Å²) < 4.78 is 4.84. The number of hydrogen-bond acceptors (Lipinski definition) is 5. The highest BCUT2D eigenvalue weighted by atomic mass is 35.5. The molecular formula is C19H22ClN3O4. The van der Waals surface area contributed by atoms with Crippen LogP contribution < -0.4 is 0 Å². The van der Waals surface area contributed by atoms with Gasteiger partial charge in [0.1, 0.15) is 16.7 Å². The molecule has 0 saturated heterocycles. The summed E-state index contributed by atoms with van der Waals surface area (Å²) in [6.07, 6.45) is 5.27. The first-order chi connectivity index (χ1) is 12.9. The molecule has 1 heterocycles. The summed E-state index contributed by atoms with van der Waals surface area (Å²) >= 11 is 6.19. The first kappa shape index (κ1) is 20.6. The largest absolute Gasteiger partial charge is 0.463 e. The van der Waals surface area contributed by atoms with Crippen LogP contribution in [0.4, 0.5) is 5.69 Å². The number of hydrogen-bond donors (Lipinski definition) is 1. The molecule has 0 radical (unpaired) electrons. The number of carbonyl (C=O) groups excluding carboxylic acids is 1. The third-order valence-electron chi connectivity index (χ3n) is 4.18. The molecule has 27 heavy (non-hydrogen) atoms. The number of benzene rings is 1. The maximum Gasteiger partial charge on any atom is 0.330 e. The summed E-state index contributed by atoms with van der Waals surface area (Å²) in [4.78, 5) is 29.3. The third-order valence-corrected chi connectivity index (χ3v) is 4.46. The van der Waals surface area contributed by atoms with Gasteiger partial charge in [-0.2, -0.15) is 0 Å². The van der Waals surface area contributed by atoms with Gasteiger partial charge in [-0.1, -0.05) is 30.7 Å². The molecule has 1 N–H and O–H groups in total. The Morgan fingerprint density at radius 2 is 2.07 bits per heavy atom. The zero-order valence-corrected chi connectivity index (χ0v) is 16.0. The van der Waals surface area contributed by atoms with Crippen LogP contribution in [-0.2, 0) is 16.0 Å². The maximum atomic E-state index is 11.4. The summed E-state index contributed by atoms with van der Waals surface area (Å²) in [7, 11) is 0. The second kappa shape index (κ2) is 9.87. The Hall–Kier alpha value is -2.67. The lowest BCUT2D eigenvalue weighted by molar-refractivity contribution is -0.384. The van der Waals surface area contributed by atoms with Gasteiger partial charge < -0.3 is 9.72 Å². The maximum absolute atomic E-state index is 11.4. The van der Waals surface area contributed by atoms with E-state index in [1.165, 1.54) is 24.3 Å². The van der Waals surface area contributed by atoms with Gasteiger partial charge in [-0.05, 0) is 37.8 Å². The second-order valence-electron chi connectivity index (χ2n) is 5.97. The zero-order valence-electron chi connectivity index (χ0n) is 15.3. The number of nitro groups is 1. The van der Waals surface area contributed by atoms with Crippen molar-refractivity contribution in [2.75, 3.05) is 6.61 Å². The molecule has 1 aromatic heterocycles. The summed E-state index contributed by atoms with van der Waals surface area (Å²) in [5.41, 5.74) is 1.61. The predicted molar refractivity (Wildman–Crippen MR) is 104 cm³/mol. The van der Waals surface area contributed by atoms with Gasteiger partial charge in [-0.25, -0.2) is 9.78 Å². The zero-order chi connectivity index (χ0) is 19.8. The lowest BCUT2D eigenvalue weighted by Gasteiger charge is -2.12. The highest BCUT2D eigenvalue weighted by Crippen LogP contribution is 2.26. The molecule has 144 valence electrons. The molecule has 7 nitrogen and oxygen atoms in total. The first-order valence-electron chi connectivity index (χ1n) is 8.78. The van der Waals surface area contributed by atoms with Crippen molar-refractivity contribution in [3.8, 4) is 0 Å². The van der Waals surface area contributed by atoms with Crippen LogP contribution in [0.5, 0.6) is 0 Å². The number of nitro benzene ring substituents is 1. The standard InChI is InChI=1S/C19H22ClN3O4/c1-3-14(8-5-13-6-9-15(10-7-13)23(25)26)19-21-16(18(20)22-19)11-12-17(24)27-4-2/h6-7,9-12,14H,3-5,8H2,1-2H3,(H,21,22). The Bertz CT molecular complexity index is 815. The summed E-state index contributed by atoms with van der Waals surface area (Å²) in [5.74, 6) is 0.471. The summed E-state index contributed by atoms with van der Waals surface area (Å²) in [6.45, 7) is 4.11. The lowest BCUT2D eigenvalue weighted by Crippen LogP contribution is -2.02. The molecule has 1 aromatic carbocycles. The van der Waals surface area contributed by atoms with Gasteiger partial charge in [-0.15, -0.1) is 0 Å². The van der Waals surface area contributed by atoms with Crippen LogP contribution >= 0.6 is 11.6 Å². The fourth-order valence-electron chi connectivity index (χ4n) is 2.68. The van der Waals surface area contributed by atoms with Gasteiger partial charge in [-0.3, -0.25) is 10.1 Å². The minimum Gasteiger partial charge on any atom is -0.463 e. The predicted octanol–water partition coefficient (Wildman–Crippen LogP) is 4.67. The molecular weight excluding hydrogens is 370 g/mol. The van der Waals surface area contributed by atoms with E-state index in [-0.39, 0.29) is 11.6 Å². The van der Waals surface area contributed by atoms with Crippen LogP contribution in [0.15, 0.2) is 30.3 Å². The third kappa shape index (κ3) is 5.92. The van der Waals surface area contributed by atoms with E-state index in [4.69, 9.17) is 16.3 Å². The van der Waals surface area contributed by atoms with Gasteiger partial charge in [0, 0.05) is 24.1 Å². The number of ether oxygens (including phenoxy) is 1. The van der Waals surface area contributed by atoms with Crippen molar-refractivity contribution in [1.29, 1.82) is 0 Å². The molecule has 2 rings (SSSR count). The number of aryl methyl sites for hydroxylation is 1. The van der Waals surface area contributed by atoms with E-state index in [0.29, 0.717) is 17.5 Å². The molecule has 0 fully saturated rings. The van der Waals surface area contributed by atoms with Crippen molar-refractivity contribution >= 4 is 29.3 Å². The molecule has 0 aliphatic rings.